The molecule has 0 atom stereocenters. The normalized spacial score (nSPS) is 14.5. The molecule has 1 aliphatic heterocycles. The smallest absolute Gasteiger partial charge is 0.366 e. The number of hydrogen-bond donors (Lipinski definition) is 0. The van der Waals surface area contributed by atoms with Gasteiger partial charge >= 0.3 is 6.18 Å². The van der Waals surface area contributed by atoms with Crippen LogP contribution in [0, 0.1) is 12.7 Å². The standard InChI is InChI=1S/C23H24F4N6O/c1-16-28-30-33(29-16)15-18-14-19(23(25,26)27)8-6-17(18)7-9-22(34)32-12-10-31(11-13-32)21-5-3-2-4-20(21)24/h2-6,8,14H,7,9-13,15H2,1H3. The molecule has 1 saturated heterocycles. The lowest BCUT2D eigenvalue weighted by molar-refractivity contribution is -0.137. The Labute approximate surface area is 194 Å². The summed E-state index contributed by atoms with van der Waals surface area (Å²) in [5.41, 5.74) is 0.769. The third-order valence-electron chi connectivity index (χ3n) is 5.83. The lowest BCUT2D eigenvalue weighted by atomic mass is 9.99. The van der Waals surface area contributed by atoms with Crippen molar-refractivity contribution < 1.29 is 22.4 Å². The van der Waals surface area contributed by atoms with Gasteiger partial charge in [-0.1, -0.05) is 18.2 Å². The highest BCUT2D eigenvalue weighted by Gasteiger charge is 2.31. The van der Waals surface area contributed by atoms with E-state index in [1.165, 1.54) is 16.9 Å². The van der Waals surface area contributed by atoms with E-state index in [2.05, 4.69) is 15.4 Å². The first-order chi connectivity index (χ1) is 16.2. The zero-order valence-electron chi connectivity index (χ0n) is 18.6. The van der Waals surface area contributed by atoms with E-state index in [1.54, 1.807) is 30.0 Å². The minimum absolute atomic E-state index is 0.0234. The van der Waals surface area contributed by atoms with Gasteiger partial charge in [-0.25, -0.2) is 4.39 Å². The SMILES string of the molecule is Cc1nnn(Cc2cc(C(F)(F)F)ccc2CCC(=O)N2CCN(c3ccccc3F)CC2)n1. The molecule has 4 rings (SSSR count). The number of amides is 1. The van der Waals surface area contributed by atoms with Crippen LogP contribution in [0.2, 0.25) is 0 Å². The van der Waals surface area contributed by atoms with Crippen LogP contribution in [-0.2, 0) is 23.9 Å². The van der Waals surface area contributed by atoms with Crippen molar-refractivity contribution in [2.24, 2.45) is 0 Å². The van der Waals surface area contributed by atoms with E-state index in [9.17, 15) is 22.4 Å². The Morgan fingerprint density at radius 2 is 1.76 bits per heavy atom. The van der Waals surface area contributed by atoms with Gasteiger partial charge in [-0.3, -0.25) is 4.79 Å². The quantitative estimate of drug-likeness (QED) is 0.510. The fourth-order valence-electron chi connectivity index (χ4n) is 4.04. The Morgan fingerprint density at radius 1 is 1.03 bits per heavy atom. The molecule has 0 radical (unpaired) electrons. The van der Waals surface area contributed by atoms with Crippen molar-refractivity contribution in [2.45, 2.75) is 32.5 Å². The van der Waals surface area contributed by atoms with Crippen molar-refractivity contribution in [1.82, 2.24) is 25.1 Å². The highest BCUT2D eigenvalue weighted by Crippen LogP contribution is 2.31. The van der Waals surface area contributed by atoms with E-state index < -0.39 is 11.7 Å². The summed E-state index contributed by atoms with van der Waals surface area (Å²) >= 11 is 0. The van der Waals surface area contributed by atoms with E-state index in [0.29, 0.717) is 48.8 Å². The van der Waals surface area contributed by atoms with Crippen LogP contribution in [0.4, 0.5) is 23.2 Å². The lowest BCUT2D eigenvalue weighted by Gasteiger charge is -2.36. The van der Waals surface area contributed by atoms with Gasteiger partial charge in [0, 0.05) is 32.6 Å². The van der Waals surface area contributed by atoms with Crippen LogP contribution in [0.1, 0.15) is 28.9 Å². The highest BCUT2D eigenvalue weighted by atomic mass is 19.4. The molecule has 0 saturated carbocycles. The van der Waals surface area contributed by atoms with Gasteiger partial charge in [-0.2, -0.15) is 18.0 Å². The first kappa shape index (κ1) is 23.7. The van der Waals surface area contributed by atoms with E-state index in [1.807, 2.05) is 4.90 Å². The van der Waals surface area contributed by atoms with Crippen LogP contribution in [0.3, 0.4) is 0 Å². The first-order valence-electron chi connectivity index (χ1n) is 10.9. The number of piperazine rings is 1. The number of aromatic nitrogens is 4. The fourth-order valence-corrected chi connectivity index (χ4v) is 4.04. The number of carbonyl (C=O) groups is 1. The Bertz CT molecular complexity index is 1150. The largest absolute Gasteiger partial charge is 0.416 e. The molecule has 0 N–H and O–H groups in total. The molecular formula is C23H24F4N6O. The van der Waals surface area contributed by atoms with Crippen molar-refractivity contribution in [3.8, 4) is 0 Å². The number of nitrogens with zero attached hydrogens (tertiary/aromatic N) is 6. The van der Waals surface area contributed by atoms with Crippen molar-refractivity contribution in [1.29, 1.82) is 0 Å². The molecule has 180 valence electrons. The number of tetrazole rings is 1. The summed E-state index contributed by atoms with van der Waals surface area (Å²) < 4.78 is 53.7. The predicted molar refractivity (Wildman–Crippen MR) is 117 cm³/mol. The van der Waals surface area contributed by atoms with Gasteiger partial charge in [-0.15, -0.1) is 10.2 Å². The molecule has 1 aliphatic rings. The summed E-state index contributed by atoms with van der Waals surface area (Å²) in [6.07, 6.45) is -4.04. The van der Waals surface area contributed by atoms with Crippen molar-refractivity contribution in [3.63, 3.8) is 0 Å². The van der Waals surface area contributed by atoms with Gasteiger partial charge < -0.3 is 9.80 Å². The second-order valence-electron chi connectivity index (χ2n) is 8.17. The van der Waals surface area contributed by atoms with E-state index in [0.717, 1.165) is 12.1 Å². The van der Waals surface area contributed by atoms with Crippen LogP contribution < -0.4 is 4.90 Å². The number of aryl methyl sites for hydroxylation is 2. The number of benzene rings is 2. The minimum atomic E-state index is -4.48. The molecule has 0 aliphatic carbocycles. The maximum atomic E-state index is 14.0. The topological polar surface area (TPSA) is 67.2 Å². The van der Waals surface area contributed by atoms with Gasteiger partial charge in [0.05, 0.1) is 17.8 Å². The molecule has 0 unspecified atom stereocenters. The zero-order valence-corrected chi connectivity index (χ0v) is 18.6. The molecule has 2 aromatic carbocycles. The Kier molecular flexibility index (Phi) is 6.80. The van der Waals surface area contributed by atoms with Crippen molar-refractivity contribution >= 4 is 11.6 Å². The summed E-state index contributed by atoms with van der Waals surface area (Å²) in [6, 6.07) is 10.0. The molecule has 1 amide bonds. The van der Waals surface area contributed by atoms with E-state index in [-0.39, 0.29) is 31.1 Å². The summed E-state index contributed by atoms with van der Waals surface area (Å²) in [6.45, 7) is 3.59. The fraction of sp³-hybridized carbons (Fsp3) is 0.391. The second-order valence-corrected chi connectivity index (χ2v) is 8.17. The van der Waals surface area contributed by atoms with Gasteiger partial charge in [0.2, 0.25) is 5.91 Å². The molecule has 1 fully saturated rings. The van der Waals surface area contributed by atoms with Crippen molar-refractivity contribution in [3.05, 3.63) is 70.8 Å². The number of para-hydroxylation sites is 1. The van der Waals surface area contributed by atoms with Gasteiger partial charge in [-0.05, 0) is 54.0 Å². The first-order valence-corrected chi connectivity index (χ1v) is 10.9. The highest BCUT2D eigenvalue weighted by molar-refractivity contribution is 5.77. The monoisotopic (exact) mass is 476 g/mol. The van der Waals surface area contributed by atoms with Crippen LogP contribution >= 0.6 is 0 Å². The van der Waals surface area contributed by atoms with Crippen LogP contribution in [0.5, 0.6) is 0 Å². The number of rotatable bonds is 6. The maximum absolute atomic E-state index is 14.0. The van der Waals surface area contributed by atoms with Gasteiger partial charge in [0.1, 0.15) is 5.82 Å². The third kappa shape index (κ3) is 5.52. The molecule has 1 aromatic heterocycles. The minimum Gasteiger partial charge on any atom is -0.366 e. The summed E-state index contributed by atoms with van der Waals surface area (Å²) in [5, 5.41) is 11.6. The number of anilines is 1. The number of halogens is 4. The van der Waals surface area contributed by atoms with E-state index >= 15 is 0 Å². The summed E-state index contributed by atoms with van der Waals surface area (Å²) in [7, 11) is 0. The molecule has 0 spiro atoms. The molecule has 0 bridgehead atoms. The lowest BCUT2D eigenvalue weighted by Crippen LogP contribution is -2.49. The van der Waals surface area contributed by atoms with Crippen LogP contribution in [0.25, 0.3) is 0 Å². The average Bonchev–Trinajstić information content (AvgIpc) is 3.22. The number of alkyl halides is 3. The molecule has 2 heterocycles. The maximum Gasteiger partial charge on any atom is 0.416 e. The molecule has 7 nitrogen and oxygen atoms in total. The molecule has 11 heteroatoms. The zero-order chi connectivity index (χ0) is 24.3. The molecule has 34 heavy (non-hydrogen) atoms. The van der Waals surface area contributed by atoms with Gasteiger partial charge in [0.25, 0.3) is 0 Å². The Balaban J connectivity index is 1.40. The second kappa shape index (κ2) is 9.78. The van der Waals surface area contributed by atoms with Crippen LogP contribution in [-0.4, -0.2) is 57.2 Å². The van der Waals surface area contributed by atoms with Crippen molar-refractivity contribution in [2.75, 3.05) is 31.1 Å². The van der Waals surface area contributed by atoms with Crippen LogP contribution in [0.15, 0.2) is 42.5 Å². The average molecular weight is 476 g/mol. The molecule has 3 aromatic rings. The molecular weight excluding hydrogens is 452 g/mol. The Hall–Kier alpha value is -3.50. The van der Waals surface area contributed by atoms with E-state index in [4.69, 9.17) is 0 Å². The summed E-state index contributed by atoms with van der Waals surface area (Å²) in [5.74, 6) is 0.0289. The number of carbonyl (C=O) groups excluding carboxylic acids is 1. The third-order valence-corrected chi connectivity index (χ3v) is 5.83. The summed E-state index contributed by atoms with van der Waals surface area (Å²) in [4.78, 5) is 17.6. The predicted octanol–water partition coefficient (Wildman–Crippen LogP) is 3.47. The number of hydrogen-bond acceptors (Lipinski definition) is 5. The Morgan fingerprint density at radius 3 is 2.41 bits per heavy atom. The van der Waals surface area contributed by atoms with Gasteiger partial charge in [0.15, 0.2) is 5.82 Å².